The van der Waals surface area contributed by atoms with Gasteiger partial charge >= 0.3 is 5.69 Å². The van der Waals surface area contributed by atoms with E-state index in [9.17, 15) is 4.79 Å². The molecule has 0 atom stereocenters. The molecule has 126 valence electrons. The lowest BCUT2D eigenvalue weighted by molar-refractivity contribution is 0.393. The van der Waals surface area contributed by atoms with Crippen molar-refractivity contribution in [2.75, 3.05) is 0 Å². The van der Waals surface area contributed by atoms with Crippen LogP contribution < -0.4 is 5.69 Å². The van der Waals surface area contributed by atoms with Crippen LogP contribution in [-0.2, 0) is 6.54 Å². The van der Waals surface area contributed by atoms with Crippen molar-refractivity contribution in [2.45, 2.75) is 27.3 Å². The van der Waals surface area contributed by atoms with Crippen LogP contribution in [0.3, 0.4) is 0 Å². The average molecular weight is 334 g/mol. The first-order chi connectivity index (χ1) is 12.1. The second-order valence-corrected chi connectivity index (χ2v) is 6.20. The molecule has 0 aliphatic carbocycles. The van der Waals surface area contributed by atoms with Gasteiger partial charge in [-0.15, -0.1) is 0 Å². The van der Waals surface area contributed by atoms with Crippen molar-refractivity contribution in [3.63, 3.8) is 0 Å². The van der Waals surface area contributed by atoms with Gasteiger partial charge in [0.2, 0.25) is 0 Å². The third kappa shape index (κ3) is 2.46. The summed E-state index contributed by atoms with van der Waals surface area (Å²) in [7, 11) is 0. The molecule has 1 N–H and O–H groups in total. The number of hydrogen-bond acceptors (Lipinski definition) is 4. The number of nitrogens with one attached hydrogen (secondary N) is 1. The number of aryl methyl sites for hydroxylation is 3. The minimum absolute atomic E-state index is 0.162. The van der Waals surface area contributed by atoms with Crippen LogP contribution in [0.4, 0.5) is 0 Å². The molecule has 4 aromatic rings. The summed E-state index contributed by atoms with van der Waals surface area (Å²) in [5.74, 6) is 0.745. The number of hydrogen-bond donors (Lipinski definition) is 1. The molecular formula is C19H18N4O2. The van der Waals surface area contributed by atoms with Crippen molar-refractivity contribution < 1.29 is 4.52 Å². The summed E-state index contributed by atoms with van der Waals surface area (Å²) in [4.78, 5) is 19.8. The maximum absolute atomic E-state index is 12.5. The SMILES string of the molecule is Cc1noc(C)c1-c1cnc2[nH]c(=O)n(Cc3ccccc3)c2c1C. The lowest BCUT2D eigenvalue weighted by atomic mass is 10.0. The standard InChI is InChI=1S/C19H18N4O2/c1-11-15(16-12(2)22-25-13(16)3)9-20-18-17(11)23(19(24)21-18)10-14-7-5-4-6-8-14/h4-9H,10H2,1-3H3,(H,20,21,24). The monoisotopic (exact) mass is 334 g/mol. The fourth-order valence-electron chi connectivity index (χ4n) is 3.32. The van der Waals surface area contributed by atoms with Gasteiger partial charge in [-0.05, 0) is 31.9 Å². The minimum Gasteiger partial charge on any atom is -0.361 e. The highest BCUT2D eigenvalue weighted by atomic mass is 16.5. The average Bonchev–Trinajstić information content (AvgIpc) is 3.10. The van der Waals surface area contributed by atoms with Gasteiger partial charge < -0.3 is 4.52 Å². The van der Waals surface area contributed by atoms with E-state index >= 15 is 0 Å². The Morgan fingerprint density at radius 1 is 1.16 bits per heavy atom. The fourth-order valence-corrected chi connectivity index (χ4v) is 3.32. The quantitative estimate of drug-likeness (QED) is 0.623. The van der Waals surface area contributed by atoms with E-state index in [4.69, 9.17) is 4.52 Å². The Labute approximate surface area is 144 Å². The Kier molecular flexibility index (Phi) is 3.53. The molecule has 6 nitrogen and oxygen atoms in total. The number of imidazole rings is 1. The molecule has 0 radical (unpaired) electrons. The number of nitrogens with zero attached hydrogens (tertiary/aromatic N) is 3. The van der Waals surface area contributed by atoms with Crippen molar-refractivity contribution in [2.24, 2.45) is 0 Å². The van der Waals surface area contributed by atoms with Crippen LogP contribution in [0.2, 0.25) is 0 Å². The first-order valence-electron chi connectivity index (χ1n) is 8.11. The van der Waals surface area contributed by atoms with Gasteiger partial charge in [-0.3, -0.25) is 9.55 Å². The predicted octanol–water partition coefficient (Wildman–Crippen LogP) is 3.35. The van der Waals surface area contributed by atoms with E-state index < -0.39 is 0 Å². The molecule has 0 aliphatic rings. The van der Waals surface area contributed by atoms with Crippen molar-refractivity contribution in [1.82, 2.24) is 19.7 Å². The Morgan fingerprint density at radius 3 is 2.60 bits per heavy atom. The smallest absolute Gasteiger partial charge is 0.327 e. The second-order valence-electron chi connectivity index (χ2n) is 6.20. The fraction of sp³-hybridized carbons (Fsp3) is 0.211. The van der Waals surface area contributed by atoms with Crippen LogP contribution in [0.25, 0.3) is 22.3 Å². The molecule has 0 saturated carbocycles. The third-order valence-electron chi connectivity index (χ3n) is 4.53. The topological polar surface area (TPSA) is 76.7 Å². The van der Waals surface area contributed by atoms with Crippen molar-refractivity contribution >= 4 is 11.2 Å². The molecule has 0 unspecified atom stereocenters. The molecule has 25 heavy (non-hydrogen) atoms. The van der Waals surface area contributed by atoms with E-state index in [1.807, 2.05) is 51.1 Å². The largest absolute Gasteiger partial charge is 0.361 e. The maximum atomic E-state index is 12.5. The molecule has 0 aliphatic heterocycles. The lowest BCUT2D eigenvalue weighted by Crippen LogP contribution is -2.17. The Bertz CT molecular complexity index is 1100. The number of aromatic amines is 1. The number of fused-ring (bicyclic) bond motifs is 1. The van der Waals surface area contributed by atoms with Gasteiger partial charge in [-0.2, -0.15) is 0 Å². The van der Waals surface area contributed by atoms with Crippen LogP contribution >= 0.6 is 0 Å². The highest BCUT2D eigenvalue weighted by Crippen LogP contribution is 2.32. The molecule has 0 bridgehead atoms. The number of aromatic nitrogens is 4. The van der Waals surface area contributed by atoms with E-state index in [0.29, 0.717) is 12.2 Å². The van der Waals surface area contributed by atoms with Crippen molar-refractivity contribution in [1.29, 1.82) is 0 Å². The molecule has 0 fully saturated rings. The van der Waals surface area contributed by atoms with E-state index in [1.54, 1.807) is 10.8 Å². The molecule has 6 heteroatoms. The highest BCUT2D eigenvalue weighted by Gasteiger charge is 2.19. The second kappa shape index (κ2) is 5.73. The van der Waals surface area contributed by atoms with Crippen molar-refractivity contribution in [3.05, 3.63) is 69.6 Å². The van der Waals surface area contributed by atoms with Crippen LogP contribution in [0, 0.1) is 20.8 Å². The first kappa shape index (κ1) is 15.4. The molecule has 0 saturated heterocycles. The normalized spacial score (nSPS) is 11.3. The predicted molar refractivity (Wildman–Crippen MR) is 95.6 cm³/mol. The van der Waals surface area contributed by atoms with E-state index in [0.717, 1.165) is 39.2 Å². The Morgan fingerprint density at radius 2 is 1.92 bits per heavy atom. The van der Waals surface area contributed by atoms with E-state index in [2.05, 4.69) is 15.1 Å². The zero-order valence-corrected chi connectivity index (χ0v) is 14.3. The van der Waals surface area contributed by atoms with Gasteiger partial charge in [0.25, 0.3) is 0 Å². The van der Waals surface area contributed by atoms with E-state index in [-0.39, 0.29) is 5.69 Å². The molecular weight excluding hydrogens is 316 g/mol. The molecule has 0 amide bonds. The zero-order chi connectivity index (χ0) is 17.6. The summed E-state index contributed by atoms with van der Waals surface area (Å²) >= 11 is 0. The van der Waals surface area contributed by atoms with Crippen molar-refractivity contribution in [3.8, 4) is 11.1 Å². The highest BCUT2D eigenvalue weighted by molar-refractivity contribution is 5.84. The summed E-state index contributed by atoms with van der Waals surface area (Å²) in [6.45, 7) is 6.28. The van der Waals surface area contributed by atoms with Crippen LogP contribution in [0.5, 0.6) is 0 Å². The van der Waals surface area contributed by atoms with Crippen LogP contribution in [0.15, 0.2) is 45.8 Å². The van der Waals surface area contributed by atoms with Gasteiger partial charge in [0, 0.05) is 17.3 Å². The summed E-state index contributed by atoms with van der Waals surface area (Å²) in [6, 6.07) is 9.91. The molecule has 1 aromatic carbocycles. The number of pyridine rings is 1. The minimum atomic E-state index is -0.162. The lowest BCUT2D eigenvalue weighted by Gasteiger charge is -2.09. The summed E-state index contributed by atoms with van der Waals surface area (Å²) in [5.41, 5.74) is 5.97. The number of rotatable bonds is 3. The van der Waals surface area contributed by atoms with Gasteiger partial charge in [0.05, 0.1) is 17.8 Å². The summed E-state index contributed by atoms with van der Waals surface area (Å²) in [5, 5.41) is 4.03. The van der Waals surface area contributed by atoms with Gasteiger partial charge in [0.15, 0.2) is 5.65 Å². The van der Waals surface area contributed by atoms with Crippen LogP contribution in [0.1, 0.15) is 22.6 Å². The molecule has 4 rings (SSSR count). The maximum Gasteiger partial charge on any atom is 0.327 e. The zero-order valence-electron chi connectivity index (χ0n) is 14.3. The van der Waals surface area contributed by atoms with Gasteiger partial charge in [-0.1, -0.05) is 35.5 Å². The van der Waals surface area contributed by atoms with E-state index in [1.165, 1.54) is 0 Å². The molecule has 0 spiro atoms. The van der Waals surface area contributed by atoms with Crippen LogP contribution in [-0.4, -0.2) is 19.7 Å². The molecule has 3 aromatic heterocycles. The number of H-pyrrole nitrogens is 1. The van der Waals surface area contributed by atoms with Gasteiger partial charge in [-0.25, -0.2) is 9.78 Å². The Hall–Kier alpha value is -3.15. The Balaban J connectivity index is 1.94. The third-order valence-corrected chi connectivity index (χ3v) is 4.53. The summed E-state index contributed by atoms with van der Waals surface area (Å²) < 4.78 is 7.02. The van der Waals surface area contributed by atoms with Gasteiger partial charge in [0.1, 0.15) is 5.76 Å². The molecule has 3 heterocycles. The number of benzene rings is 1. The summed E-state index contributed by atoms with van der Waals surface area (Å²) in [6.07, 6.45) is 1.77. The first-order valence-corrected chi connectivity index (χ1v) is 8.11.